The number of aliphatic hydroxyl groups is 1. The molecule has 0 saturated heterocycles. The number of carboxylic acids is 2. The summed E-state index contributed by atoms with van der Waals surface area (Å²) in [5.41, 5.74) is 6.99. The Balaban J connectivity index is 2.14. The van der Waals surface area contributed by atoms with Crippen LogP contribution in [0.5, 0.6) is 0 Å². The van der Waals surface area contributed by atoms with Crippen LogP contribution < -0.4 is 21.7 Å². The van der Waals surface area contributed by atoms with Crippen molar-refractivity contribution in [2.24, 2.45) is 11.7 Å². The number of H-pyrrole nitrogens is 1. The van der Waals surface area contributed by atoms with E-state index in [-0.39, 0.29) is 6.42 Å². The molecule has 0 fully saturated rings. The van der Waals surface area contributed by atoms with Crippen molar-refractivity contribution in [2.75, 3.05) is 6.61 Å². The number of aliphatic hydroxyl groups excluding tert-OH is 1. The Labute approximate surface area is 212 Å². The van der Waals surface area contributed by atoms with Gasteiger partial charge in [0.25, 0.3) is 0 Å². The van der Waals surface area contributed by atoms with Gasteiger partial charge in [0.2, 0.25) is 17.7 Å². The van der Waals surface area contributed by atoms with Crippen LogP contribution in [-0.2, 0) is 30.4 Å². The lowest BCUT2D eigenvalue weighted by atomic mass is 9.97. The molecular weight excluding hydrogens is 486 g/mol. The lowest BCUT2D eigenvalue weighted by molar-refractivity contribution is -0.142. The second kappa shape index (κ2) is 13.4. The number of nitrogens with one attached hydrogen (secondary N) is 4. The number of carboxylic acid groups (broad SMARTS) is 2. The third-order valence-corrected chi connectivity index (χ3v) is 6.05. The van der Waals surface area contributed by atoms with E-state index in [1.165, 1.54) is 0 Å². The van der Waals surface area contributed by atoms with Gasteiger partial charge in [0.05, 0.1) is 19.1 Å². The molecule has 37 heavy (non-hydrogen) atoms. The number of rotatable bonds is 14. The van der Waals surface area contributed by atoms with Gasteiger partial charge in [-0.3, -0.25) is 19.2 Å². The Morgan fingerprint density at radius 3 is 2.22 bits per heavy atom. The molecule has 0 aliphatic rings. The van der Waals surface area contributed by atoms with Crippen molar-refractivity contribution in [3.63, 3.8) is 0 Å². The van der Waals surface area contributed by atoms with E-state index < -0.39 is 72.8 Å². The molecule has 0 spiro atoms. The molecule has 13 nitrogen and oxygen atoms in total. The van der Waals surface area contributed by atoms with Gasteiger partial charge in [0.1, 0.15) is 18.1 Å². The second-order valence-electron chi connectivity index (χ2n) is 8.78. The number of benzene rings is 1. The molecule has 5 unspecified atom stereocenters. The summed E-state index contributed by atoms with van der Waals surface area (Å²) in [7, 11) is 0. The molecule has 0 aliphatic heterocycles. The predicted molar refractivity (Wildman–Crippen MR) is 132 cm³/mol. The van der Waals surface area contributed by atoms with E-state index in [4.69, 9.17) is 10.8 Å². The number of para-hydroxylation sites is 1. The summed E-state index contributed by atoms with van der Waals surface area (Å²) in [6.07, 6.45) is 1.42. The monoisotopic (exact) mass is 519 g/mol. The molecule has 202 valence electrons. The van der Waals surface area contributed by atoms with Gasteiger partial charge >= 0.3 is 11.9 Å². The first-order valence-electron chi connectivity index (χ1n) is 11.8. The fraction of sp³-hybridized carbons (Fsp3) is 0.458. The molecule has 0 bridgehead atoms. The standard InChI is InChI=1S/C24H33N5O8/c1-3-12(2)20(29-22(34)18(11-30)28-21(33)15(25)9-19(31)32)23(35)27-17(24(36)37)8-13-10-26-16-7-5-4-6-14(13)16/h4-7,10,12,15,17-18,20,26,30H,3,8-9,11,25H2,1-2H3,(H,27,35)(H,28,33)(H,29,34)(H,31,32)(H,36,37). The number of nitrogens with two attached hydrogens (primary N) is 1. The first kappa shape index (κ1) is 29.3. The lowest BCUT2D eigenvalue weighted by Crippen LogP contribution is -2.59. The molecule has 0 radical (unpaired) electrons. The maximum Gasteiger partial charge on any atom is 0.326 e. The van der Waals surface area contributed by atoms with Crippen LogP contribution in [0.25, 0.3) is 10.9 Å². The van der Waals surface area contributed by atoms with Crippen LogP contribution >= 0.6 is 0 Å². The molecule has 9 N–H and O–H groups in total. The highest BCUT2D eigenvalue weighted by molar-refractivity contribution is 5.95. The summed E-state index contributed by atoms with van der Waals surface area (Å²) < 4.78 is 0. The van der Waals surface area contributed by atoms with Crippen LogP contribution in [0, 0.1) is 5.92 Å². The van der Waals surface area contributed by atoms with Crippen LogP contribution in [0.4, 0.5) is 0 Å². The lowest BCUT2D eigenvalue weighted by Gasteiger charge is -2.27. The highest BCUT2D eigenvalue weighted by Crippen LogP contribution is 2.19. The third-order valence-electron chi connectivity index (χ3n) is 6.05. The Hall–Kier alpha value is -3.97. The Morgan fingerprint density at radius 1 is 0.973 bits per heavy atom. The molecule has 2 rings (SSSR count). The van der Waals surface area contributed by atoms with Crippen LogP contribution in [0.3, 0.4) is 0 Å². The summed E-state index contributed by atoms with van der Waals surface area (Å²) in [5, 5.41) is 36.0. The van der Waals surface area contributed by atoms with Gasteiger partial charge in [-0.1, -0.05) is 38.5 Å². The quantitative estimate of drug-likeness (QED) is 0.154. The summed E-state index contributed by atoms with van der Waals surface area (Å²) >= 11 is 0. The normalized spacial score (nSPS) is 15.1. The van der Waals surface area contributed by atoms with Gasteiger partial charge in [-0.2, -0.15) is 0 Å². The number of aromatic amines is 1. The number of aromatic nitrogens is 1. The van der Waals surface area contributed by atoms with Crippen molar-refractivity contribution in [3.8, 4) is 0 Å². The molecule has 1 aromatic carbocycles. The molecule has 5 atom stereocenters. The number of hydrogen-bond acceptors (Lipinski definition) is 7. The number of hydrogen-bond donors (Lipinski definition) is 8. The van der Waals surface area contributed by atoms with Crippen molar-refractivity contribution < 1.29 is 39.3 Å². The van der Waals surface area contributed by atoms with E-state index >= 15 is 0 Å². The van der Waals surface area contributed by atoms with Crippen molar-refractivity contribution in [1.82, 2.24) is 20.9 Å². The van der Waals surface area contributed by atoms with E-state index in [0.29, 0.717) is 12.0 Å². The number of carbonyl (C=O) groups excluding carboxylic acids is 3. The first-order valence-corrected chi connectivity index (χ1v) is 11.8. The molecule has 3 amide bonds. The molecular formula is C24H33N5O8. The Bertz CT molecular complexity index is 1130. The maximum absolute atomic E-state index is 13.1. The summed E-state index contributed by atoms with van der Waals surface area (Å²) in [6, 6.07) is 1.89. The fourth-order valence-corrected chi connectivity index (χ4v) is 3.69. The first-order chi connectivity index (χ1) is 17.5. The summed E-state index contributed by atoms with van der Waals surface area (Å²) in [5.74, 6) is -5.65. The van der Waals surface area contributed by atoms with Crippen LogP contribution in [0.2, 0.25) is 0 Å². The van der Waals surface area contributed by atoms with Gasteiger partial charge in [0.15, 0.2) is 0 Å². The number of fused-ring (bicyclic) bond motifs is 1. The van der Waals surface area contributed by atoms with Crippen molar-refractivity contribution in [1.29, 1.82) is 0 Å². The van der Waals surface area contributed by atoms with Crippen molar-refractivity contribution in [2.45, 2.75) is 57.3 Å². The third kappa shape index (κ3) is 8.02. The molecule has 1 heterocycles. The number of amides is 3. The molecule has 13 heteroatoms. The van der Waals surface area contributed by atoms with Gasteiger partial charge in [-0.25, -0.2) is 4.79 Å². The van der Waals surface area contributed by atoms with Crippen molar-refractivity contribution >= 4 is 40.6 Å². The van der Waals surface area contributed by atoms with Crippen LogP contribution in [-0.4, -0.2) is 80.7 Å². The zero-order valence-corrected chi connectivity index (χ0v) is 20.6. The van der Waals surface area contributed by atoms with E-state index in [1.54, 1.807) is 20.0 Å². The topological polar surface area (TPSA) is 224 Å². The highest BCUT2D eigenvalue weighted by atomic mass is 16.4. The van der Waals surface area contributed by atoms with E-state index in [9.17, 15) is 34.2 Å². The SMILES string of the molecule is CCC(C)C(NC(=O)C(CO)NC(=O)C(N)CC(=O)O)C(=O)NC(Cc1c[nH]c2ccccc12)C(=O)O. The summed E-state index contributed by atoms with van der Waals surface area (Å²) in [4.78, 5) is 63.7. The maximum atomic E-state index is 13.1. The van der Waals surface area contributed by atoms with E-state index in [1.807, 2.05) is 24.3 Å². The summed E-state index contributed by atoms with van der Waals surface area (Å²) in [6.45, 7) is 2.60. The Kier molecular flexibility index (Phi) is 10.6. The van der Waals surface area contributed by atoms with Gasteiger partial charge < -0.3 is 42.0 Å². The van der Waals surface area contributed by atoms with Gasteiger partial charge in [0, 0.05) is 23.5 Å². The molecule has 0 saturated carbocycles. The van der Waals surface area contributed by atoms with Crippen molar-refractivity contribution in [3.05, 3.63) is 36.0 Å². The van der Waals surface area contributed by atoms with Gasteiger partial charge in [-0.05, 0) is 17.5 Å². The minimum absolute atomic E-state index is 0.0109. The van der Waals surface area contributed by atoms with E-state index in [0.717, 1.165) is 10.9 Å². The average Bonchev–Trinajstić information content (AvgIpc) is 3.26. The van der Waals surface area contributed by atoms with Crippen LogP contribution in [0.1, 0.15) is 32.3 Å². The zero-order chi connectivity index (χ0) is 27.7. The second-order valence-corrected chi connectivity index (χ2v) is 8.78. The zero-order valence-electron chi connectivity index (χ0n) is 20.6. The fourth-order valence-electron chi connectivity index (χ4n) is 3.69. The number of carbonyl (C=O) groups is 5. The minimum atomic E-state index is -1.51. The smallest absolute Gasteiger partial charge is 0.326 e. The van der Waals surface area contributed by atoms with Gasteiger partial charge in [-0.15, -0.1) is 0 Å². The van der Waals surface area contributed by atoms with Crippen LogP contribution in [0.15, 0.2) is 30.5 Å². The highest BCUT2D eigenvalue weighted by Gasteiger charge is 2.33. The predicted octanol–water partition coefficient (Wildman–Crippen LogP) is -0.910. The molecule has 0 aliphatic carbocycles. The average molecular weight is 520 g/mol. The largest absolute Gasteiger partial charge is 0.481 e. The number of aliphatic carboxylic acids is 2. The minimum Gasteiger partial charge on any atom is -0.481 e. The molecule has 2 aromatic rings. The van der Waals surface area contributed by atoms with E-state index in [2.05, 4.69) is 20.9 Å². The molecule has 1 aromatic heterocycles. The Morgan fingerprint density at radius 2 is 1.62 bits per heavy atom.